The predicted octanol–water partition coefficient (Wildman–Crippen LogP) is 16.9. The zero-order chi connectivity index (χ0) is 40.7. The van der Waals surface area contributed by atoms with Crippen molar-refractivity contribution in [1.82, 2.24) is 0 Å². The summed E-state index contributed by atoms with van der Waals surface area (Å²) in [5.41, 5.74) is 17.9. The molecule has 0 bridgehead atoms. The van der Waals surface area contributed by atoms with Gasteiger partial charge in [0.1, 0.15) is 0 Å². The molecule has 0 heteroatoms. The maximum absolute atomic E-state index is 2.45. The summed E-state index contributed by atoms with van der Waals surface area (Å²) in [5, 5.41) is 10.1. The number of fused-ring (bicyclic) bond motifs is 7. The van der Waals surface area contributed by atoms with Crippen LogP contribution in [0.2, 0.25) is 0 Å². The Balaban J connectivity index is 0.998. The molecule has 286 valence electrons. The SMILES string of the molecule is CC1(C)c2cc(-c3ccccc3)ccc2-c2ccc(-c3ccc(-c4ccc5c(-c6cccc7ccccc67)c6ccccc6c(-c6cccc7ccccc67)c5c4)cc3)cc21. The van der Waals surface area contributed by atoms with Crippen LogP contribution in [0, 0.1) is 0 Å². The van der Waals surface area contributed by atoms with E-state index in [9.17, 15) is 0 Å². The molecule has 1 aliphatic carbocycles. The Hall–Kier alpha value is -7.54. The largest absolute Gasteiger partial charge is 0.0622 e. The lowest BCUT2D eigenvalue weighted by molar-refractivity contribution is 0.661. The van der Waals surface area contributed by atoms with E-state index >= 15 is 0 Å². The lowest BCUT2D eigenvalue weighted by Crippen LogP contribution is -2.15. The summed E-state index contributed by atoms with van der Waals surface area (Å²) >= 11 is 0. The van der Waals surface area contributed by atoms with Crippen LogP contribution in [0.25, 0.3) is 110 Å². The minimum absolute atomic E-state index is 0.104. The highest BCUT2D eigenvalue weighted by atomic mass is 14.4. The number of benzene rings is 11. The zero-order valence-corrected chi connectivity index (χ0v) is 34.3. The monoisotopic (exact) mass is 774 g/mol. The topological polar surface area (TPSA) is 0 Å². The predicted molar refractivity (Wildman–Crippen MR) is 261 cm³/mol. The minimum atomic E-state index is -0.104. The van der Waals surface area contributed by atoms with Crippen molar-refractivity contribution < 1.29 is 0 Å². The number of hydrogen-bond donors (Lipinski definition) is 0. The fourth-order valence-corrected chi connectivity index (χ4v) is 10.4. The molecule has 0 radical (unpaired) electrons. The average Bonchev–Trinajstić information content (AvgIpc) is 3.55. The van der Waals surface area contributed by atoms with Crippen LogP contribution in [-0.4, -0.2) is 0 Å². The maximum atomic E-state index is 2.45. The van der Waals surface area contributed by atoms with Crippen molar-refractivity contribution in [2.45, 2.75) is 19.3 Å². The second-order valence-corrected chi connectivity index (χ2v) is 17.2. The summed E-state index contributed by atoms with van der Waals surface area (Å²) in [7, 11) is 0. The van der Waals surface area contributed by atoms with Crippen molar-refractivity contribution in [2.75, 3.05) is 0 Å². The summed E-state index contributed by atoms with van der Waals surface area (Å²) in [6.45, 7) is 4.75. The summed E-state index contributed by atoms with van der Waals surface area (Å²) in [4.78, 5) is 0. The Morgan fingerprint density at radius 1 is 0.246 bits per heavy atom. The van der Waals surface area contributed by atoms with Crippen LogP contribution in [0.5, 0.6) is 0 Å². The van der Waals surface area contributed by atoms with Crippen molar-refractivity contribution in [3.8, 4) is 66.8 Å². The van der Waals surface area contributed by atoms with Crippen LogP contribution in [0.4, 0.5) is 0 Å². The van der Waals surface area contributed by atoms with Crippen molar-refractivity contribution in [2.24, 2.45) is 0 Å². The summed E-state index contributed by atoms with van der Waals surface area (Å²) in [6, 6.07) is 81.2. The van der Waals surface area contributed by atoms with Gasteiger partial charge in [-0.3, -0.25) is 0 Å². The van der Waals surface area contributed by atoms with Crippen LogP contribution in [0.15, 0.2) is 218 Å². The minimum Gasteiger partial charge on any atom is -0.0622 e. The Bertz CT molecular complexity index is 3520. The third-order valence-corrected chi connectivity index (χ3v) is 13.5. The van der Waals surface area contributed by atoms with E-state index in [4.69, 9.17) is 0 Å². The van der Waals surface area contributed by atoms with E-state index < -0.39 is 0 Å². The second-order valence-electron chi connectivity index (χ2n) is 17.2. The Morgan fingerprint density at radius 3 is 1.16 bits per heavy atom. The molecule has 0 amide bonds. The summed E-state index contributed by atoms with van der Waals surface area (Å²) in [5.74, 6) is 0. The number of rotatable bonds is 5. The highest BCUT2D eigenvalue weighted by Gasteiger charge is 2.36. The number of hydrogen-bond acceptors (Lipinski definition) is 0. The molecule has 0 saturated carbocycles. The van der Waals surface area contributed by atoms with E-state index in [2.05, 4.69) is 232 Å². The Kier molecular flexibility index (Phi) is 7.99. The fraction of sp³-hybridized carbons (Fsp3) is 0.0492. The lowest BCUT2D eigenvalue weighted by atomic mass is 9.81. The lowest BCUT2D eigenvalue weighted by Gasteiger charge is -2.22. The van der Waals surface area contributed by atoms with Crippen LogP contribution < -0.4 is 0 Å². The van der Waals surface area contributed by atoms with E-state index in [1.807, 2.05) is 0 Å². The fourth-order valence-electron chi connectivity index (χ4n) is 10.4. The molecular weight excluding hydrogens is 733 g/mol. The maximum Gasteiger partial charge on any atom is 0.0159 e. The molecule has 0 N–H and O–H groups in total. The van der Waals surface area contributed by atoms with Gasteiger partial charge in [-0.25, -0.2) is 0 Å². The molecule has 0 aromatic heterocycles. The zero-order valence-electron chi connectivity index (χ0n) is 34.3. The first-order valence-electron chi connectivity index (χ1n) is 21.4. The van der Waals surface area contributed by atoms with Gasteiger partial charge in [-0.1, -0.05) is 214 Å². The van der Waals surface area contributed by atoms with Gasteiger partial charge in [0.25, 0.3) is 0 Å². The van der Waals surface area contributed by atoms with E-state index in [0.717, 1.165) is 0 Å². The molecule has 0 unspecified atom stereocenters. The first kappa shape index (κ1) is 35.4. The van der Waals surface area contributed by atoms with Crippen molar-refractivity contribution in [3.63, 3.8) is 0 Å². The molecule has 11 aromatic rings. The molecular formula is C61H42. The van der Waals surface area contributed by atoms with Gasteiger partial charge in [0.15, 0.2) is 0 Å². The van der Waals surface area contributed by atoms with Gasteiger partial charge in [-0.15, -0.1) is 0 Å². The smallest absolute Gasteiger partial charge is 0.0159 e. The van der Waals surface area contributed by atoms with Gasteiger partial charge in [0.2, 0.25) is 0 Å². The van der Waals surface area contributed by atoms with E-state index in [-0.39, 0.29) is 5.41 Å². The molecule has 12 rings (SSSR count). The normalized spacial score (nSPS) is 12.9. The first-order chi connectivity index (χ1) is 30.0. The van der Waals surface area contributed by atoms with Gasteiger partial charge in [-0.2, -0.15) is 0 Å². The summed E-state index contributed by atoms with van der Waals surface area (Å²) in [6.07, 6.45) is 0. The van der Waals surface area contributed by atoms with Crippen molar-refractivity contribution in [3.05, 3.63) is 230 Å². The van der Waals surface area contributed by atoms with Gasteiger partial charge in [-0.05, 0) is 139 Å². The first-order valence-corrected chi connectivity index (χ1v) is 21.4. The summed E-state index contributed by atoms with van der Waals surface area (Å²) < 4.78 is 0. The highest BCUT2D eigenvalue weighted by Crippen LogP contribution is 2.51. The van der Waals surface area contributed by atoms with E-state index in [0.29, 0.717) is 0 Å². The van der Waals surface area contributed by atoms with Crippen LogP contribution in [0.1, 0.15) is 25.0 Å². The molecule has 61 heavy (non-hydrogen) atoms. The second kappa shape index (κ2) is 13.8. The molecule has 11 aromatic carbocycles. The molecule has 0 aliphatic heterocycles. The molecule has 0 fully saturated rings. The van der Waals surface area contributed by atoms with E-state index in [1.54, 1.807) is 0 Å². The van der Waals surface area contributed by atoms with Gasteiger partial charge in [0.05, 0.1) is 0 Å². The molecule has 0 saturated heterocycles. The van der Waals surface area contributed by atoms with Crippen LogP contribution in [0.3, 0.4) is 0 Å². The Labute approximate surface area is 357 Å². The van der Waals surface area contributed by atoms with E-state index in [1.165, 1.54) is 121 Å². The Morgan fingerprint density at radius 2 is 0.623 bits per heavy atom. The van der Waals surface area contributed by atoms with Crippen molar-refractivity contribution in [1.29, 1.82) is 0 Å². The van der Waals surface area contributed by atoms with Gasteiger partial charge < -0.3 is 0 Å². The molecule has 1 aliphatic rings. The molecule has 0 heterocycles. The van der Waals surface area contributed by atoms with Gasteiger partial charge >= 0.3 is 0 Å². The van der Waals surface area contributed by atoms with Crippen molar-refractivity contribution >= 4 is 43.1 Å². The van der Waals surface area contributed by atoms with Gasteiger partial charge in [0, 0.05) is 5.41 Å². The quantitative estimate of drug-likeness (QED) is 0.153. The molecule has 0 spiro atoms. The third-order valence-electron chi connectivity index (χ3n) is 13.5. The molecule has 0 nitrogen and oxygen atoms in total. The van der Waals surface area contributed by atoms with Crippen LogP contribution in [-0.2, 0) is 5.41 Å². The standard InChI is InChI=1S/C61H42/c1-61(2)57-37-45(39-14-4-3-5-15-39)30-33-49(57)50-34-31-46(38-58(50)61)41-28-26-40(27-29-41)44-32-35-55-56(36-44)60(52-25-13-19-43-17-7-9-21-48(43)52)54-23-11-10-22-53(54)59(55)51-24-12-18-42-16-6-8-20-47(42)51/h3-38H,1-2H3. The molecule has 0 atom stereocenters. The highest BCUT2D eigenvalue weighted by molar-refractivity contribution is 6.25. The average molecular weight is 775 g/mol. The van der Waals surface area contributed by atoms with Crippen LogP contribution >= 0.6 is 0 Å². The third kappa shape index (κ3) is 5.60.